The van der Waals surface area contributed by atoms with E-state index in [-0.39, 0.29) is 29.8 Å². The minimum Gasteiger partial charge on any atom is -0.478 e. The fourth-order valence-corrected chi connectivity index (χ4v) is 2.88. The van der Waals surface area contributed by atoms with Gasteiger partial charge in [-0.1, -0.05) is 6.92 Å². The van der Waals surface area contributed by atoms with Gasteiger partial charge in [0, 0.05) is 18.3 Å². The van der Waals surface area contributed by atoms with E-state index in [4.69, 9.17) is 5.11 Å². The highest BCUT2D eigenvalue weighted by atomic mass is 16.6. The Kier molecular flexibility index (Phi) is 4.13. The van der Waals surface area contributed by atoms with Gasteiger partial charge in [0.2, 0.25) is 0 Å². The van der Waals surface area contributed by atoms with Crippen LogP contribution in [0.1, 0.15) is 29.3 Å². The Morgan fingerprint density at radius 2 is 2.19 bits per heavy atom. The van der Waals surface area contributed by atoms with Crippen LogP contribution in [0.2, 0.25) is 0 Å². The second-order valence-electron chi connectivity index (χ2n) is 5.41. The fraction of sp³-hybridized carbons (Fsp3) is 0.500. The molecule has 0 aliphatic carbocycles. The first-order valence-electron chi connectivity index (χ1n) is 6.76. The maximum Gasteiger partial charge on any atom is 0.336 e. The van der Waals surface area contributed by atoms with Gasteiger partial charge < -0.3 is 15.1 Å². The van der Waals surface area contributed by atoms with E-state index in [1.54, 1.807) is 6.92 Å². The maximum atomic E-state index is 11.2. The number of hydrogen-bond acceptors (Lipinski definition) is 5. The van der Waals surface area contributed by atoms with Gasteiger partial charge in [0.25, 0.3) is 5.69 Å². The molecule has 2 N–H and O–H groups in total. The minimum absolute atomic E-state index is 0.0638. The molecule has 0 radical (unpaired) electrons. The third kappa shape index (κ3) is 2.69. The average molecular weight is 294 g/mol. The number of aromatic carboxylic acids is 1. The maximum absolute atomic E-state index is 11.2. The highest BCUT2D eigenvalue weighted by molar-refractivity contribution is 5.91. The summed E-state index contributed by atoms with van der Waals surface area (Å²) in [5.41, 5.74) is 0.627. The van der Waals surface area contributed by atoms with Crippen molar-refractivity contribution >= 4 is 17.3 Å². The zero-order valence-electron chi connectivity index (χ0n) is 11.9. The first-order valence-corrected chi connectivity index (χ1v) is 6.76. The molecule has 7 heteroatoms. The molecule has 1 saturated heterocycles. The van der Waals surface area contributed by atoms with E-state index in [9.17, 15) is 20.0 Å². The SMILES string of the molecule is Cc1c(N2CCC(C)C2CO)cc(C(=O)O)cc1[N+](=O)[O-]. The van der Waals surface area contributed by atoms with Crippen LogP contribution in [-0.4, -0.2) is 40.3 Å². The van der Waals surface area contributed by atoms with Gasteiger partial charge in [-0.25, -0.2) is 4.79 Å². The van der Waals surface area contributed by atoms with Crippen LogP contribution < -0.4 is 4.90 Å². The highest BCUT2D eigenvalue weighted by Crippen LogP contribution is 2.36. The topological polar surface area (TPSA) is 104 Å². The first-order chi connectivity index (χ1) is 9.86. The van der Waals surface area contributed by atoms with Gasteiger partial charge in [-0.05, 0) is 25.3 Å². The Morgan fingerprint density at radius 3 is 2.71 bits per heavy atom. The van der Waals surface area contributed by atoms with E-state index in [2.05, 4.69) is 0 Å². The Labute approximate surface area is 122 Å². The molecule has 114 valence electrons. The summed E-state index contributed by atoms with van der Waals surface area (Å²) >= 11 is 0. The van der Waals surface area contributed by atoms with Crippen LogP contribution >= 0.6 is 0 Å². The predicted octanol–water partition coefficient (Wildman–Crippen LogP) is 1.81. The van der Waals surface area contributed by atoms with Crippen LogP contribution in [0.15, 0.2) is 12.1 Å². The van der Waals surface area contributed by atoms with Gasteiger partial charge in [0.15, 0.2) is 0 Å². The van der Waals surface area contributed by atoms with Crippen LogP contribution in [0.3, 0.4) is 0 Å². The Balaban J connectivity index is 2.57. The van der Waals surface area contributed by atoms with Crippen LogP contribution in [0, 0.1) is 23.0 Å². The van der Waals surface area contributed by atoms with Gasteiger partial charge in [-0.15, -0.1) is 0 Å². The number of rotatable bonds is 4. The molecule has 0 amide bonds. The van der Waals surface area contributed by atoms with Crippen molar-refractivity contribution in [1.29, 1.82) is 0 Å². The van der Waals surface area contributed by atoms with Crippen molar-refractivity contribution in [3.05, 3.63) is 33.4 Å². The van der Waals surface area contributed by atoms with E-state index >= 15 is 0 Å². The van der Waals surface area contributed by atoms with Crippen LogP contribution in [0.4, 0.5) is 11.4 Å². The van der Waals surface area contributed by atoms with Crippen LogP contribution in [-0.2, 0) is 0 Å². The Hall–Kier alpha value is -2.15. The molecule has 2 rings (SSSR count). The van der Waals surface area contributed by atoms with E-state index in [0.29, 0.717) is 17.8 Å². The van der Waals surface area contributed by atoms with Crippen molar-refractivity contribution in [3.63, 3.8) is 0 Å². The molecule has 1 heterocycles. The molecule has 0 aromatic heterocycles. The number of nitro groups is 1. The molecular weight excluding hydrogens is 276 g/mol. The number of benzene rings is 1. The van der Waals surface area contributed by atoms with Crippen molar-refractivity contribution in [2.45, 2.75) is 26.3 Å². The summed E-state index contributed by atoms with van der Waals surface area (Å²) in [7, 11) is 0. The summed E-state index contributed by atoms with van der Waals surface area (Å²) in [5, 5.41) is 29.8. The quantitative estimate of drug-likeness (QED) is 0.648. The number of carboxylic acid groups (broad SMARTS) is 1. The van der Waals surface area contributed by atoms with Crippen LogP contribution in [0.25, 0.3) is 0 Å². The van der Waals surface area contributed by atoms with Crippen molar-refractivity contribution in [2.24, 2.45) is 5.92 Å². The van der Waals surface area contributed by atoms with Gasteiger partial charge in [0.1, 0.15) is 0 Å². The molecule has 1 fully saturated rings. The van der Waals surface area contributed by atoms with Crippen molar-refractivity contribution < 1.29 is 19.9 Å². The molecular formula is C14H18N2O5. The molecule has 2 atom stereocenters. The second kappa shape index (κ2) is 5.69. The summed E-state index contributed by atoms with van der Waals surface area (Å²) in [6.07, 6.45) is 0.857. The smallest absolute Gasteiger partial charge is 0.336 e. The zero-order valence-corrected chi connectivity index (χ0v) is 11.9. The number of carbonyl (C=O) groups is 1. The summed E-state index contributed by atoms with van der Waals surface area (Å²) in [4.78, 5) is 23.6. The Bertz CT molecular complexity index is 587. The minimum atomic E-state index is -1.20. The number of nitrogens with zero attached hydrogens (tertiary/aromatic N) is 2. The number of aliphatic hydroxyl groups is 1. The number of hydrogen-bond donors (Lipinski definition) is 2. The lowest BCUT2D eigenvalue weighted by Crippen LogP contribution is -2.35. The lowest BCUT2D eigenvalue weighted by molar-refractivity contribution is -0.385. The van der Waals surface area contributed by atoms with Crippen molar-refractivity contribution in [2.75, 3.05) is 18.1 Å². The summed E-state index contributed by atoms with van der Waals surface area (Å²) in [6, 6.07) is 2.38. The molecule has 2 unspecified atom stereocenters. The number of carboxylic acids is 1. The normalized spacial score (nSPS) is 21.6. The van der Waals surface area contributed by atoms with E-state index in [0.717, 1.165) is 12.5 Å². The highest BCUT2D eigenvalue weighted by Gasteiger charge is 2.33. The van der Waals surface area contributed by atoms with Crippen molar-refractivity contribution in [1.82, 2.24) is 0 Å². The molecule has 1 aromatic rings. The fourth-order valence-electron chi connectivity index (χ4n) is 2.88. The van der Waals surface area contributed by atoms with Gasteiger partial charge in [0.05, 0.1) is 28.7 Å². The molecule has 1 aliphatic rings. The standard InChI is InChI=1S/C14H18N2O5/c1-8-3-4-15(13(8)7-17)11-5-10(14(18)19)6-12(9(11)2)16(20)21/h5-6,8,13,17H,3-4,7H2,1-2H3,(H,18,19). The van der Waals surface area contributed by atoms with Crippen LogP contribution in [0.5, 0.6) is 0 Å². The molecule has 21 heavy (non-hydrogen) atoms. The lowest BCUT2D eigenvalue weighted by Gasteiger charge is -2.28. The number of nitro benzene ring substituents is 1. The Morgan fingerprint density at radius 1 is 1.52 bits per heavy atom. The number of anilines is 1. The summed E-state index contributed by atoms with van der Waals surface area (Å²) < 4.78 is 0. The molecule has 1 aliphatic heterocycles. The summed E-state index contributed by atoms with van der Waals surface area (Å²) in [6.45, 7) is 4.20. The second-order valence-corrected chi connectivity index (χ2v) is 5.41. The third-order valence-electron chi connectivity index (χ3n) is 4.18. The first kappa shape index (κ1) is 15.2. The van der Waals surface area contributed by atoms with Crippen molar-refractivity contribution in [3.8, 4) is 0 Å². The molecule has 7 nitrogen and oxygen atoms in total. The van der Waals surface area contributed by atoms with Gasteiger partial charge in [-0.3, -0.25) is 10.1 Å². The third-order valence-corrected chi connectivity index (χ3v) is 4.18. The largest absolute Gasteiger partial charge is 0.478 e. The molecule has 0 spiro atoms. The van der Waals surface area contributed by atoms with Gasteiger partial charge >= 0.3 is 5.97 Å². The predicted molar refractivity (Wildman–Crippen MR) is 76.8 cm³/mol. The van der Waals surface area contributed by atoms with Gasteiger partial charge in [-0.2, -0.15) is 0 Å². The molecule has 1 aromatic carbocycles. The molecule has 0 saturated carbocycles. The lowest BCUT2D eigenvalue weighted by atomic mass is 10.0. The molecule has 0 bridgehead atoms. The zero-order chi connectivity index (χ0) is 15.7. The summed E-state index contributed by atoms with van der Waals surface area (Å²) in [5.74, 6) is -0.950. The number of aliphatic hydroxyl groups excluding tert-OH is 1. The monoisotopic (exact) mass is 294 g/mol. The van der Waals surface area contributed by atoms with E-state index in [1.807, 2.05) is 11.8 Å². The van der Waals surface area contributed by atoms with E-state index in [1.165, 1.54) is 6.07 Å². The average Bonchev–Trinajstić information content (AvgIpc) is 2.79. The van der Waals surface area contributed by atoms with E-state index < -0.39 is 10.9 Å².